The Morgan fingerprint density at radius 1 is 1.19 bits per heavy atom. The van der Waals surface area contributed by atoms with Gasteiger partial charge in [-0.2, -0.15) is 0 Å². The smallest absolute Gasteiger partial charge is 0.232 e. The van der Waals surface area contributed by atoms with Gasteiger partial charge in [0.05, 0.1) is 11.9 Å². The van der Waals surface area contributed by atoms with Gasteiger partial charge < -0.3 is 4.42 Å². The summed E-state index contributed by atoms with van der Waals surface area (Å²) < 4.78 is 31.1. The fraction of sp³-hybridized carbons (Fsp3) is 0.211. The number of fused-ring (bicyclic) bond motifs is 2. The Morgan fingerprint density at radius 2 is 1.96 bits per heavy atom. The minimum Gasteiger partial charge on any atom is -0.453 e. The predicted molar refractivity (Wildman–Crippen MR) is 102 cm³/mol. The zero-order chi connectivity index (χ0) is 18.6. The average molecular weight is 390 g/mol. The fourth-order valence-electron chi connectivity index (χ4n) is 3.52. The monoisotopic (exact) mass is 389 g/mol. The number of sulfonamides is 1. The largest absolute Gasteiger partial charge is 0.453 e. The number of ketones is 1. The van der Waals surface area contributed by atoms with Gasteiger partial charge in [-0.3, -0.25) is 9.10 Å². The maximum absolute atomic E-state index is 12.8. The molecule has 0 fully saturated rings. The van der Waals surface area contributed by atoms with Crippen molar-refractivity contribution in [3.8, 4) is 0 Å². The lowest BCUT2D eigenvalue weighted by Gasteiger charge is -2.21. The maximum Gasteiger partial charge on any atom is 0.232 e. The molecule has 0 bridgehead atoms. The highest BCUT2D eigenvalue weighted by Crippen LogP contribution is 2.35. The lowest BCUT2D eigenvalue weighted by Crippen LogP contribution is -2.34. The number of nitrogens with zero attached hydrogens (tertiary/aromatic N) is 1. The molecule has 0 saturated heterocycles. The number of furan rings is 1. The first-order chi connectivity index (χ1) is 12.2. The van der Waals surface area contributed by atoms with Gasteiger partial charge in [-0.25, -0.2) is 8.42 Å². The molecular weight excluding hydrogens is 374 g/mol. The quantitative estimate of drug-likeness (QED) is 0.634. The second kappa shape index (κ2) is 5.86. The van der Waals surface area contributed by atoms with Gasteiger partial charge in [-0.1, -0.05) is 11.6 Å². The lowest BCUT2D eigenvalue weighted by atomic mass is 10.0. The third-order valence-electron chi connectivity index (χ3n) is 4.55. The molecule has 1 aliphatic heterocycles. The normalized spacial score (nSPS) is 16.9. The molecule has 0 unspecified atom stereocenters. The number of carbonyl (C=O) groups excluding carboxylic acids is 1. The van der Waals surface area contributed by atoms with Gasteiger partial charge in [-0.15, -0.1) is 0 Å². The Kier molecular flexibility index (Phi) is 3.86. The van der Waals surface area contributed by atoms with E-state index in [-0.39, 0.29) is 17.6 Å². The summed E-state index contributed by atoms with van der Waals surface area (Å²) in [5.74, 6) is -0.0150. The molecule has 134 valence electrons. The summed E-state index contributed by atoms with van der Waals surface area (Å²) in [4.78, 5) is 12.8. The Morgan fingerprint density at radius 3 is 2.69 bits per heavy atom. The van der Waals surface area contributed by atoms with Gasteiger partial charge in [0.25, 0.3) is 0 Å². The first kappa shape index (κ1) is 17.1. The summed E-state index contributed by atoms with van der Waals surface area (Å²) in [5, 5.41) is 1.34. The van der Waals surface area contributed by atoms with Gasteiger partial charge in [0, 0.05) is 22.0 Å². The minimum atomic E-state index is -3.35. The minimum absolute atomic E-state index is 0.168. The third-order valence-corrected chi connectivity index (χ3v) is 6.06. The summed E-state index contributed by atoms with van der Waals surface area (Å²) in [6.07, 6.45) is 1.76. The number of hydrogen-bond donors (Lipinski definition) is 0. The highest BCUT2D eigenvalue weighted by atomic mass is 35.5. The first-order valence-corrected chi connectivity index (χ1v) is 10.3. The zero-order valence-corrected chi connectivity index (χ0v) is 15.8. The van der Waals surface area contributed by atoms with Gasteiger partial charge in [0.15, 0.2) is 5.76 Å². The van der Waals surface area contributed by atoms with Gasteiger partial charge >= 0.3 is 0 Å². The Balaban J connectivity index is 1.73. The van der Waals surface area contributed by atoms with Crippen LogP contribution in [0.2, 0.25) is 5.02 Å². The maximum atomic E-state index is 12.8. The van der Waals surface area contributed by atoms with Crippen molar-refractivity contribution in [3.05, 3.63) is 64.4 Å². The molecule has 0 amide bonds. The van der Waals surface area contributed by atoms with Crippen LogP contribution in [0.1, 0.15) is 28.6 Å². The van der Waals surface area contributed by atoms with E-state index in [9.17, 15) is 13.2 Å². The van der Waals surface area contributed by atoms with E-state index in [1.165, 1.54) is 10.6 Å². The Hall–Kier alpha value is -2.31. The van der Waals surface area contributed by atoms with Crippen molar-refractivity contribution < 1.29 is 17.6 Å². The molecule has 1 atom stereocenters. The molecule has 2 heterocycles. The van der Waals surface area contributed by atoms with E-state index in [2.05, 4.69) is 0 Å². The molecule has 1 aliphatic rings. The summed E-state index contributed by atoms with van der Waals surface area (Å²) >= 11 is 5.97. The molecule has 0 aliphatic carbocycles. The number of hydrogen-bond acceptors (Lipinski definition) is 4. The molecular formula is C19H16ClNO4S. The van der Waals surface area contributed by atoms with Gasteiger partial charge in [-0.05, 0) is 61.4 Å². The van der Waals surface area contributed by atoms with Crippen LogP contribution < -0.4 is 4.31 Å². The molecule has 4 rings (SSSR count). The molecule has 2 aromatic carbocycles. The molecule has 5 nitrogen and oxygen atoms in total. The fourth-order valence-corrected chi connectivity index (χ4v) is 4.96. The van der Waals surface area contributed by atoms with E-state index < -0.39 is 10.0 Å². The first-order valence-electron chi connectivity index (χ1n) is 8.10. The molecule has 0 N–H and O–H groups in total. The van der Waals surface area contributed by atoms with Crippen LogP contribution in [-0.2, 0) is 16.4 Å². The van der Waals surface area contributed by atoms with Crippen molar-refractivity contribution in [1.29, 1.82) is 0 Å². The number of rotatable bonds is 3. The van der Waals surface area contributed by atoms with Crippen LogP contribution in [0.25, 0.3) is 11.0 Å². The second-order valence-corrected chi connectivity index (χ2v) is 8.87. The van der Waals surface area contributed by atoms with Crippen LogP contribution in [0.4, 0.5) is 5.69 Å². The number of anilines is 1. The Bertz CT molecular complexity index is 1150. The van der Waals surface area contributed by atoms with Crippen LogP contribution in [0.15, 0.2) is 46.9 Å². The SMILES string of the molecule is C[C@@H]1Cc2cc(C(=O)c3cc4cc(Cl)ccc4o3)ccc2N1S(C)(=O)=O. The van der Waals surface area contributed by atoms with Crippen molar-refractivity contribution in [2.45, 2.75) is 19.4 Å². The molecule has 0 saturated carbocycles. The van der Waals surface area contributed by atoms with Crippen molar-refractivity contribution in [1.82, 2.24) is 0 Å². The molecule has 26 heavy (non-hydrogen) atoms. The van der Waals surface area contributed by atoms with E-state index in [0.717, 1.165) is 10.9 Å². The van der Waals surface area contributed by atoms with Crippen LogP contribution in [-0.4, -0.2) is 26.5 Å². The topological polar surface area (TPSA) is 67.6 Å². The summed E-state index contributed by atoms with van der Waals surface area (Å²) in [5.41, 5.74) is 2.54. The van der Waals surface area contributed by atoms with Crippen LogP contribution in [0.5, 0.6) is 0 Å². The van der Waals surface area contributed by atoms with Gasteiger partial charge in [0.1, 0.15) is 5.58 Å². The van der Waals surface area contributed by atoms with E-state index in [0.29, 0.717) is 28.3 Å². The summed E-state index contributed by atoms with van der Waals surface area (Å²) in [6, 6.07) is 11.7. The lowest BCUT2D eigenvalue weighted by molar-refractivity contribution is 0.101. The van der Waals surface area contributed by atoms with Gasteiger partial charge in [0.2, 0.25) is 15.8 Å². The number of carbonyl (C=O) groups is 1. The van der Waals surface area contributed by atoms with E-state index >= 15 is 0 Å². The average Bonchev–Trinajstić information content (AvgIpc) is 3.12. The van der Waals surface area contributed by atoms with Crippen molar-refractivity contribution in [3.63, 3.8) is 0 Å². The number of halogens is 1. The molecule has 0 spiro atoms. The highest BCUT2D eigenvalue weighted by molar-refractivity contribution is 7.92. The van der Waals surface area contributed by atoms with Crippen LogP contribution in [0.3, 0.4) is 0 Å². The Labute approximate surface area is 156 Å². The van der Waals surface area contributed by atoms with Crippen molar-refractivity contribution in [2.24, 2.45) is 0 Å². The second-order valence-electron chi connectivity index (χ2n) is 6.58. The zero-order valence-electron chi connectivity index (χ0n) is 14.2. The third kappa shape index (κ3) is 2.79. The standard InChI is InChI=1S/C19H16ClNO4S/c1-11-7-13-8-12(3-5-16(13)21(11)26(2,23)24)19(22)18-10-14-9-15(20)4-6-17(14)25-18/h3-6,8-11H,7H2,1-2H3/t11-/m1/s1. The van der Waals surface area contributed by atoms with Crippen LogP contribution >= 0.6 is 11.6 Å². The number of benzene rings is 2. The highest BCUT2D eigenvalue weighted by Gasteiger charge is 2.33. The van der Waals surface area contributed by atoms with E-state index in [4.69, 9.17) is 16.0 Å². The molecule has 7 heteroatoms. The molecule has 1 aromatic heterocycles. The molecule has 0 radical (unpaired) electrons. The van der Waals surface area contributed by atoms with E-state index in [1.54, 1.807) is 42.5 Å². The van der Waals surface area contributed by atoms with Crippen molar-refractivity contribution in [2.75, 3.05) is 10.6 Å². The summed E-state index contributed by atoms with van der Waals surface area (Å²) in [6.45, 7) is 1.85. The van der Waals surface area contributed by atoms with Crippen molar-refractivity contribution >= 4 is 44.1 Å². The predicted octanol–water partition coefficient (Wildman–Crippen LogP) is 4.03. The van der Waals surface area contributed by atoms with Crippen LogP contribution in [0, 0.1) is 0 Å². The molecule has 3 aromatic rings. The summed E-state index contributed by atoms with van der Waals surface area (Å²) in [7, 11) is -3.35. The van der Waals surface area contributed by atoms with E-state index in [1.807, 2.05) is 6.92 Å².